The first-order valence-electron chi connectivity index (χ1n) is 12.4. The van der Waals surface area contributed by atoms with Gasteiger partial charge in [0.25, 0.3) is 0 Å². The summed E-state index contributed by atoms with van der Waals surface area (Å²) in [5, 5.41) is 7.84. The number of hydrogen-bond donors (Lipinski definition) is 1. The topological polar surface area (TPSA) is 62.2 Å². The van der Waals surface area contributed by atoms with Crippen molar-refractivity contribution < 1.29 is 32.5 Å². The number of likely N-dealkylation sites (tertiary alicyclic amines) is 1. The summed E-state index contributed by atoms with van der Waals surface area (Å²) in [6.07, 6.45) is 0.960. The molecule has 1 aliphatic rings. The Bertz CT molecular complexity index is 919. The average Bonchev–Trinajstić information content (AvgIpc) is 2.86. The van der Waals surface area contributed by atoms with Gasteiger partial charge in [-0.05, 0) is 88.4 Å². The lowest BCUT2D eigenvalue weighted by Gasteiger charge is -2.26. The van der Waals surface area contributed by atoms with E-state index in [1.54, 1.807) is 0 Å². The van der Waals surface area contributed by atoms with Crippen LogP contribution in [-0.2, 0) is 4.79 Å². The van der Waals surface area contributed by atoms with E-state index in [1.165, 1.54) is 32.4 Å². The molecule has 0 saturated carbocycles. The standard InChI is InChI=1S/C25H35ClN2O2.C2HF3O2/c1-27(2)19-15-25(30-24-13-9-22(26)10-14-24)21-7-11-23(12-8-21)29-20-6-18-28-16-4-3-5-17-28;3-2(4,5)1(6)7/h7-14,25H,3-6,15-20H2,1-2H3;(H,6,7). The summed E-state index contributed by atoms with van der Waals surface area (Å²) in [5.41, 5.74) is 1.16. The maximum atomic E-state index is 10.6. The molecule has 1 saturated heterocycles. The minimum absolute atomic E-state index is 0.0123. The highest BCUT2D eigenvalue weighted by Crippen LogP contribution is 2.27. The van der Waals surface area contributed by atoms with Gasteiger partial charge < -0.3 is 24.4 Å². The summed E-state index contributed by atoms with van der Waals surface area (Å²) < 4.78 is 44.0. The van der Waals surface area contributed by atoms with Gasteiger partial charge in [0, 0.05) is 24.5 Å². The number of aliphatic carboxylic acids is 1. The van der Waals surface area contributed by atoms with Crippen LogP contribution in [0.25, 0.3) is 0 Å². The number of halogens is 4. The molecule has 206 valence electrons. The van der Waals surface area contributed by atoms with Crippen molar-refractivity contribution in [3.05, 3.63) is 59.1 Å². The van der Waals surface area contributed by atoms with E-state index in [-0.39, 0.29) is 6.10 Å². The van der Waals surface area contributed by atoms with Crippen molar-refractivity contribution in [2.24, 2.45) is 0 Å². The Balaban J connectivity index is 0.000000604. The fraction of sp³-hybridized carbons (Fsp3) is 0.519. The minimum Gasteiger partial charge on any atom is -0.494 e. The minimum atomic E-state index is -5.08. The molecule has 0 bridgehead atoms. The number of rotatable bonds is 11. The zero-order chi connectivity index (χ0) is 27.3. The van der Waals surface area contributed by atoms with Crippen LogP contribution in [-0.4, -0.2) is 73.9 Å². The summed E-state index contributed by atoms with van der Waals surface area (Å²) in [5.74, 6) is -0.996. The van der Waals surface area contributed by atoms with Gasteiger partial charge in [0.2, 0.25) is 0 Å². The Labute approximate surface area is 221 Å². The molecule has 10 heteroatoms. The molecule has 2 aromatic carbocycles. The third-order valence-corrected chi connectivity index (χ3v) is 6.01. The van der Waals surface area contributed by atoms with Crippen molar-refractivity contribution in [3.63, 3.8) is 0 Å². The SMILES string of the molecule is CN(C)CCC(Oc1ccc(Cl)cc1)c1ccc(OCCCN2CCCCC2)cc1.O=C(O)C(F)(F)F. The number of alkyl halides is 3. The van der Waals surface area contributed by atoms with Crippen LogP contribution >= 0.6 is 11.6 Å². The molecule has 6 nitrogen and oxygen atoms in total. The fourth-order valence-electron chi connectivity index (χ4n) is 3.79. The zero-order valence-corrected chi connectivity index (χ0v) is 22.1. The van der Waals surface area contributed by atoms with E-state index in [1.807, 2.05) is 24.3 Å². The highest BCUT2D eigenvalue weighted by molar-refractivity contribution is 6.30. The molecule has 0 amide bonds. The Morgan fingerprint density at radius 3 is 2.14 bits per heavy atom. The molecule has 3 rings (SSSR count). The summed E-state index contributed by atoms with van der Waals surface area (Å²) in [6.45, 7) is 5.35. The molecule has 0 aromatic heterocycles. The van der Waals surface area contributed by atoms with Gasteiger partial charge in [-0.3, -0.25) is 0 Å². The van der Waals surface area contributed by atoms with E-state index in [4.69, 9.17) is 31.0 Å². The molecule has 0 spiro atoms. The normalized spacial score (nSPS) is 15.0. The van der Waals surface area contributed by atoms with Crippen LogP contribution < -0.4 is 9.47 Å². The van der Waals surface area contributed by atoms with Crippen molar-refractivity contribution in [1.82, 2.24) is 9.80 Å². The van der Waals surface area contributed by atoms with Gasteiger partial charge >= 0.3 is 12.1 Å². The average molecular weight is 545 g/mol. The van der Waals surface area contributed by atoms with Crippen molar-refractivity contribution >= 4 is 17.6 Å². The second-order valence-corrected chi connectivity index (χ2v) is 9.57. The van der Waals surface area contributed by atoms with E-state index in [0.29, 0.717) is 5.02 Å². The van der Waals surface area contributed by atoms with Crippen molar-refractivity contribution in [3.8, 4) is 11.5 Å². The molecule has 0 aliphatic carbocycles. The Hall–Kier alpha value is -2.49. The van der Waals surface area contributed by atoms with E-state index in [2.05, 4.69) is 48.2 Å². The van der Waals surface area contributed by atoms with Gasteiger partial charge in [-0.15, -0.1) is 0 Å². The quantitative estimate of drug-likeness (QED) is 0.335. The van der Waals surface area contributed by atoms with Crippen molar-refractivity contribution in [2.75, 3.05) is 46.9 Å². The molecule has 1 unspecified atom stereocenters. The van der Waals surface area contributed by atoms with Crippen molar-refractivity contribution in [2.45, 2.75) is 44.4 Å². The molecule has 1 heterocycles. The Morgan fingerprint density at radius 2 is 1.59 bits per heavy atom. The number of carbonyl (C=O) groups is 1. The lowest BCUT2D eigenvalue weighted by Crippen LogP contribution is -2.31. The lowest BCUT2D eigenvalue weighted by molar-refractivity contribution is -0.192. The predicted molar refractivity (Wildman–Crippen MR) is 139 cm³/mol. The van der Waals surface area contributed by atoms with Gasteiger partial charge in [-0.2, -0.15) is 13.2 Å². The Kier molecular flexibility index (Phi) is 13.0. The Morgan fingerprint density at radius 1 is 1.03 bits per heavy atom. The maximum absolute atomic E-state index is 10.6. The highest BCUT2D eigenvalue weighted by Gasteiger charge is 2.38. The lowest BCUT2D eigenvalue weighted by atomic mass is 10.1. The van der Waals surface area contributed by atoms with Gasteiger partial charge in [0.1, 0.15) is 17.6 Å². The molecular weight excluding hydrogens is 509 g/mol. The maximum Gasteiger partial charge on any atom is 0.490 e. The first kappa shape index (κ1) is 30.7. The smallest absolute Gasteiger partial charge is 0.490 e. The molecular formula is C27H36ClF3N2O4. The van der Waals surface area contributed by atoms with Crippen LogP contribution in [0, 0.1) is 0 Å². The zero-order valence-electron chi connectivity index (χ0n) is 21.3. The summed E-state index contributed by atoms with van der Waals surface area (Å²) in [4.78, 5) is 13.6. The predicted octanol–water partition coefficient (Wildman–Crippen LogP) is 6.30. The largest absolute Gasteiger partial charge is 0.494 e. The summed E-state index contributed by atoms with van der Waals surface area (Å²) in [6, 6.07) is 15.9. The first-order valence-corrected chi connectivity index (χ1v) is 12.7. The van der Waals surface area contributed by atoms with Gasteiger partial charge in [-0.25, -0.2) is 4.79 Å². The third-order valence-electron chi connectivity index (χ3n) is 5.76. The second-order valence-electron chi connectivity index (χ2n) is 9.13. The number of carboxylic acids is 1. The number of benzene rings is 2. The summed E-state index contributed by atoms with van der Waals surface area (Å²) in [7, 11) is 4.17. The van der Waals surface area contributed by atoms with E-state index >= 15 is 0 Å². The van der Waals surface area contributed by atoms with Crippen LogP contribution in [0.5, 0.6) is 11.5 Å². The van der Waals surface area contributed by atoms with Crippen LogP contribution in [0.1, 0.15) is 43.8 Å². The molecule has 2 aromatic rings. The first-order chi connectivity index (χ1) is 17.5. The van der Waals surface area contributed by atoms with Gasteiger partial charge in [-0.1, -0.05) is 30.2 Å². The molecule has 1 fully saturated rings. The highest BCUT2D eigenvalue weighted by atomic mass is 35.5. The monoisotopic (exact) mass is 544 g/mol. The van der Waals surface area contributed by atoms with Crippen LogP contribution in [0.3, 0.4) is 0 Å². The number of nitrogens with zero attached hydrogens (tertiary/aromatic N) is 2. The van der Waals surface area contributed by atoms with E-state index < -0.39 is 12.1 Å². The van der Waals surface area contributed by atoms with Crippen LogP contribution in [0.15, 0.2) is 48.5 Å². The van der Waals surface area contributed by atoms with E-state index in [9.17, 15) is 13.2 Å². The van der Waals surface area contributed by atoms with Crippen LogP contribution in [0.2, 0.25) is 5.02 Å². The molecule has 1 atom stereocenters. The number of carboxylic acid groups (broad SMARTS) is 1. The molecule has 1 N–H and O–H groups in total. The third kappa shape index (κ3) is 12.5. The van der Waals surface area contributed by atoms with Gasteiger partial charge in [0.05, 0.1) is 6.61 Å². The van der Waals surface area contributed by atoms with Crippen molar-refractivity contribution in [1.29, 1.82) is 0 Å². The number of hydrogen-bond acceptors (Lipinski definition) is 5. The van der Waals surface area contributed by atoms with Gasteiger partial charge in [0.15, 0.2) is 0 Å². The fourth-order valence-corrected chi connectivity index (χ4v) is 3.91. The molecule has 37 heavy (non-hydrogen) atoms. The van der Waals surface area contributed by atoms with E-state index in [0.717, 1.165) is 49.6 Å². The number of ether oxygens (including phenoxy) is 2. The second kappa shape index (κ2) is 15.7. The molecule has 0 radical (unpaired) electrons. The molecule has 1 aliphatic heterocycles. The number of piperidine rings is 1. The summed E-state index contributed by atoms with van der Waals surface area (Å²) >= 11 is 6.00. The van der Waals surface area contributed by atoms with Crippen LogP contribution in [0.4, 0.5) is 13.2 Å².